The predicted molar refractivity (Wildman–Crippen MR) is 149 cm³/mol. The van der Waals surface area contributed by atoms with Gasteiger partial charge in [0.25, 0.3) is 5.91 Å². The zero-order valence-corrected chi connectivity index (χ0v) is 22.4. The van der Waals surface area contributed by atoms with Crippen molar-refractivity contribution in [2.45, 2.75) is 25.8 Å². The number of ether oxygens (including phenoxy) is 2. The molecule has 1 N–H and O–H groups in total. The first-order valence-electron chi connectivity index (χ1n) is 12.4. The van der Waals surface area contributed by atoms with Gasteiger partial charge in [-0.2, -0.15) is 0 Å². The van der Waals surface area contributed by atoms with Crippen molar-refractivity contribution in [2.75, 3.05) is 30.5 Å². The van der Waals surface area contributed by atoms with Gasteiger partial charge in [-0.05, 0) is 85.7 Å². The van der Waals surface area contributed by atoms with E-state index in [-0.39, 0.29) is 36.4 Å². The number of rotatable bonds is 10. The van der Waals surface area contributed by atoms with Crippen molar-refractivity contribution in [3.05, 3.63) is 89.7 Å². The molecule has 1 heterocycles. The second kappa shape index (κ2) is 12.5. The highest BCUT2D eigenvalue weighted by Gasteiger charge is 2.44. The summed E-state index contributed by atoms with van der Waals surface area (Å²) in [4.78, 5) is 41.5. The minimum atomic E-state index is -0.884. The van der Waals surface area contributed by atoms with Crippen LogP contribution in [0.4, 0.5) is 15.8 Å². The number of carbonyl (C=O) groups excluding carboxylic acids is 3. The maximum atomic E-state index is 14.3. The Kier molecular flexibility index (Phi) is 8.88. The largest absolute Gasteiger partial charge is 0.497 e. The van der Waals surface area contributed by atoms with Gasteiger partial charge in [0, 0.05) is 12.2 Å². The van der Waals surface area contributed by atoms with E-state index in [4.69, 9.17) is 21.7 Å². The van der Waals surface area contributed by atoms with Crippen molar-refractivity contribution >= 4 is 46.5 Å². The molecule has 0 saturated carbocycles. The van der Waals surface area contributed by atoms with Gasteiger partial charge in [-0.25, -0.2) is 9.18 Å². The van der Waals surface area contributed by atoms with Crippen LogP contribution in [-0.2, 0) is 20.7 Å². The Morgan fingerprint density at radius 2 is 1.72 bits per heavy atom. The van der Waals surface area contributed by atoms with Crippen molar-refractivity contribution < 1.29 is 28.2 Å². The molecule has 3 aromatic carbocycles. The molecule has 39 heavy (non-hydrogen) atoms. The highest BCUT2D eigenvalue weighted by atomic mass is 32.1. The lowest BCUT2D eigenvalue weighted by atomic mass is 10.1. The van der Waals surface area contributed by atoms with Crippen LogP contribution in [0.1, 0.15) is 29.3 Å². The number of methoxy groups -OCH3 is 1. The van der Waals surface area contributed by atoms with E-state index in [1.807, 2.05) is 0 Å². The number of thiocarbonyl (C=S) groups is 1. The molecule has 0 aliphatic carbocycles. The lowest BCUT2D eigenvalue weighted by Gasteiger charge is -2.24. The molecule has 10 heteroatoms. The maximum Gasteiger partial charge on any atom is 0.338 e. The average Bonchev–Trinajstić information content (AvgIpc) is 3.16. The Labute approximate surface area is 231 Å². The molecule has 2 amide bonds. The Hall–Kier alpha value is -4.31. The first-order chi connectivity index (χ1) is 18.8. The van der Waals surface area contributed by atoms with Crippen molar-refractivity contribution in [1.82, 2.24) is 4.90 Å². The van der Waals surface area contributed by atoms with Gasteiger partial charge in [0.15, 0.2) is 5.11 Å². The van der Waals surface area contributed by atoms with Gasteiger partial charge in [-0.1, -0.05) is 18.2 Å². The Balaban J connectivity index is 1.52. The van der Waals surface area contributed by atoms with Crippen molar-refractivity contribution in [2.24, 2.45) is 0 Å². The lowest BCUT2D eigenvalue weighted by molar-refractivity contribution is -0.124. The third-order valence-electron chi connectivity index (χ3n) is 6.29. The fraction of sp³-hybridized carbons (Fsp3) is 0.241. The highest BCUT2D eigenvalue weighted by molar-refractivity contribution is 7.80. The molecule has 3 aromatic rings. The molecule has 1 saturated heterocycles. The molecule has 1 unspecified atom stereocenters. The molecular weight excluding hydrogens is 521 g/mol. The fourth-order valence-corrected chi connectivity index (χ4v) is 4.70. The van der Waals surface area contributed by atoms with Gasteiger partial charge in [0.1, 0.15) is 17.6 Å². The summed E-state index contributed by atoms with van der Waals surface area (Å²) in [5.41, 5.74) is 1.85. The average molecular weight is 550 g/mol. The van der Waals surface area contributed by atoms with Crippen LogP contribution < -0.4 is 15.0 Å². The topological polar surface area (TPSA) is 88.2 Å². The molecule has 0 bridgehead atoms. The van der Waals surface area contributed by atoms with Gasteiger partial charge >= 0.3 is 5.97 Å². The summed E-state index contributed by atoms with van der Waals surface area (Å²) in [6.45, 7) is 2.22. The fourth-order valence-electron chi connectivity index (χ4n) is 4.29. The first kappa shape index (κ1) is 27.7. The molecule has 1 atom stereocenters. The first-order valence-corrected chi connectivity index (χ1v) is 12.8. The smallest absolute Gasteiger partial charge is 0.338 e. The minimum Gasteiger partial charge on any atom is -0.497 e. The Morgan fingerprint density at radius 3 is 2.36 bits per heavy atom. The van der Waals surface area contributed by atoms with Crippen molar-refractivity contribution in [3.63, 3.8) is 0 Å². The van der Waals surface area contributed by atoms with E-state index >= 15 is 0 Å². The molecular formula is C29H28FN3O5S. The van der Waals surface area contributed by atoms with E-state index in [0.717, 1.165) is 0 Å². The summed E-state index contributed by atoms with van der Waals surface area (Å²) in [6, 6.07) is 18.7. The van der Waals surface area contributed by atoms with Gasteiger partial charge in [0.2, 0.25) is 5.91 Å². The molecule has 8 nitrogen and oxygen atoms in total. The molecule has 0 aromatic heterocycles. The minimum absolute atomic E-state index is 0.178. The number of anilines is 2. The summed E-state index contributed by atoms with van der Waals surface area (Å²) in [6.07, 6.45) is 0.118. The van der Waals surface area contributed by atoms with E-state index in [1.165, 1.54) is 11.0 Å². The zero-order chi connectivity index (χ0) is 27.9. The summed E-state index contributed by atoms with van der Waals surface area (Å²) in [5.74, 6) is -0.942. The highest BCUT2D eigenvalue weighted by Crippen LogP contribution is 2.29. The quantitative estimate of drug-likeness (QED) is 0.293. The van der Waals surface area contributed by atoms with Gasteiger partial charge in [0.05, 0.1) is 31.4 Å². The van der Waals surface area contributed by atoms with Gasteiger partial charge in [-0.3, -0.25) is 14.5 Å². The second-order valence-electron chi connectivity index (χ2n) is 8.75. The van der Waals surface area contributed by atoms with Gasteiger partial charge in [-0.15, -0.1) is 0 Å². The number of amides is 2. The molecule has 4 rings (SSSR count). The number of benzene rings is 3. The summed E-state index contributed by atoms with van der Waals surface area (Å²) >= 11 is 5.68. The molecule has 0 radical (unpaired) electrons. The standard InChI is InChI=1S/C29H28FN3O5S/c1-3-38-28(36)20-8-10-21(11-9-20)31-26(34)18-25-27(35)33(22-12-14-23(37-2)15-13-22)29(39)32(25)17-16-19-6-4-5-7-24(19)30/h4-15,25H,3,16-18H2,1-2H3,(H,31,34). The SMILES string of the molecule is CCOC(=O)c1ccc(NC(=O)CC2C(=O)N(c3ccc(OC)cc3)C(=S)N2CCc2ccccc2F)cc1. The van der Waals surface area contributed by atoms with E-state index in [1.54, 1.807) is 85.7 Å². The van der Waals surface area contributed by atoms with Crippen molar-refractivity contribution in [1.29, 1.82) is 0 Å². The van der Waals surface area contributed by atoms with Crippen molar-refractivity contribution in [3.8, 4) is 5.75 Å². The van der Waals surface area contributed by atoms with Crippen LogP contribution in [0.15, 0.2) is 72.8 Å². The third-order valence-corrected chi connectivity index (χ3v) is 6.70. The third kappa shape index (κ3) is 6.40. The van der Waals surface area contributed by atoms with E-state index in [9.17, 15) is 18.8 Å². The molecule has 202 valence electrons. The maximum absolute atomic E-state index is 14.3. The summed E-state index contributed by atoms with van der Waals surface area (Å²) < 4.78 is 24.5. The van der Waals surface area contributed by atoms with Crippen LogP contribution in [0, 0.1) is 5.82 Å². The van der Waals surface area contributed by atoms with Crippen LogP contribution in [0.25, 0.3) is 0 Å². The Bertz CT molecular complexity index is 1360. The summed E-state index contributed by atoms with van der Waals surface area (Å²) in [5, 5.41) is 3.00. The molecule has 0 spiro atoms. The number of hydrogen-bond acceptors (Lipinski definition) is 6. The number of hydrogen-bond donors (Lipinski definition) is 1. The normalized spacial score (nSPS) is 14.9. The number of carbonyl (C=O) groups is 3. The molecule has 1 aliphatic rings. The number of esters is 1. The Morgan fingerprint density at radius 1 is 1.03 bits per heavy atom. The van der Waals surface area contributed by atoms with Crippen LogP contribution in [-0.4, -0.2) is 54.1 Å². The van der Waals surface area contributed by atoms with E-state index < -0.39 is 17.9 Å². The zero-order valence-electron chi connectivity index (χ0n) is 21.6. The van der Waals surface area contributed by atoms with Gasteiger partial charge < -0.3 is 19.7 Å². The van der Waals surface area contributed by atoms with E-state index in [2.05, 4.69) is 5.32 Å². The number of nitrogens with one attached hydrogen (secondary N) is 1. The van der Waals surface area contributed by atoms with E-state index in [0.29, 0.717) is 34.7 Å². The lowest BCUT2D eigenvalue weighted by Crippen LogP contribution is -2.39. The van der Waals surface area contributed by atoms with Crippen LogP contribution in [0.5, 0.6) is 5.75 Å². The molecule has 1 aliphatic heterocycles. The van der Waals surface area contributed by atoms with Crippen LogP contribution >= 0.6 is 12.2 Å². The number of nitrogens with zero attached hydrogens (tertiary/aromatic N) is 2. The van der Waals surface area contributed by atoms with Crippen LogP contribution in [0.3, 0.4) is 0 Å². The van der Waals surface area contributed by atoms with Crippen LogP contribution in [0.2, 0.25) is 0 Å². The predicted octanol–water partition coefficient (Wildman–Crippen LogP) is 4.58. The molecule has 1 fully saturated rings. The number of halogens is 1. The second-order valence-corrected chi connectivity index (χ2v) is 9.12. The monoisotopic (exact) mass is 549 g/mol. The summed E-state index contributed by atoms with van der Waals surface area (Å²) in [7, 11) is 1.55.